The number of carbonyl (C=O) groups is 7. The van der Waals surface area contributed by atoms with Crippen LogP contribution >= 0.6 is 0 Å². The number of nitrogens with two attached hydrogens (primary N) is 2. The van der Waals surface area contributed by atoms with Crippen molar-refractivity contribution >= 4 is 41.4 Å². The maximum absolute atomic E-state index is 13.8. The lowest BCUT2D eigenvalue weighted by Crippen LogP contribution is -2.52. The first-order chi connectivity index (χ1) is 27.1. The summed E-state index contributed by atoms with van der Waals surface area (Å²) in [5.74, 6) is -3.60. The van der Waals surface area contributed by atoms with Crippen molar-refractivity contribution in [3.8, 4) is 0 Å². The van der Waals surface area contributed by atoms with Gasteiger partial charge in [-0.2, -0.15) is 0 Å². The summed E-state index contributed by atoms with van der Waals surface area (Å²) in [6.45, 7) is 7.88. The highest BCUT2D eigenvalue weighted by atomic mass is 16.2. The van der Waals surface area contributed by atoms with Gasteiger partial charge in [0.15, 0.2) is 0 Å². The molecule has 1 atom stereocenters. The number of amides is 7. The Kier molecular flexibility index (Phi) is 20.3. The van der Waals surface area contributed by atoms with Crippen LogP contribution in [0.3, 0.4) is 0 Å². The summed E-state index contributed by atoms with van der Waals surface area (Å²) in [5.41, 5.74) is 12.4. The standard InChI is InChI=1S/C36H62N14O7/c1-8-13-45(32(53)24-47(15-10-3)34(55)26-50(36(57)29(37)12-5)20-28-18-44(7)42-40-28)22-31(52)46(14-9-2)23-33(54)48(16-11-4)25-35(56)49(21-30(38)51)19-27-17-43(6)41-39-27/h17-18,29H,8-16,19-26,37H2,1-7H3,(H2,38,51). The van der Waals surface area contributed by atoms with Crippen molar-refractivity contribution < 1.29 is 33.6 Å². The lowest BCUT2D eigenvalue weighted by Gasteiger charge is -2.32. The highest BCUT2D eigenvalue weighted by Gasteiger charge is 2.30. The summed E-state index contributed by atoms with van der Waals surface area (Å²) in [5, 5.41) is 15.8. The number of primary amides is 1. The third-order valence-electron chi connectivity index (χ3n) is 8.79. The van der Waals surface area contributed by atoms with Gasteiger partial charge in [-0.15, -0.1) is 10.2 Å². The van der Waals surface area contributed by atoms with Gasteiger partial charge in [0.05, 0.1) is 51.9 Å². The topological polar surface area (TPSA) is 252 Å². The smallest absolute Gasteiger partial charge is 0.243 e. The van der Waals surface area contributed by atoms with Crippen LogP contribution in [0, 0.1) is 0 Å². The van der Waals surface area contributed by atoms with Gasteiger partial charge < -0.3 is 40.9 Å². The van der Waals surface area contributed by atoms with Crippen LogP contribution in [0.2, 0.25) is 0 Å². The van der Waals surface area contributed by atoms with Gasteiger partial charge >= 0.3 is 0 Å². The van der Waals surface area contributed by atoms with Crippen molar-refractivity contribution in [2.45, 2.75) is 85.9 Å². The van der Waals surface area contributed by atoms with Crippen LogP contribution < -0.4 is 11.5 Å². The quantitative estimate of drug-likeness (QED) is 0.110. The molecular formula is C36H62N14O7. The maximum atomic E-state index is 13.8. The second-order valence-electron chi connectivity index (χ2n) is 14.0. The third kappa shape index (κ3) is 15.9. The van der Waals surface area contributed by atoms with Gasteiger partial charge in [0, 0.05) is 52.7 Å². The molecule has 318 valence electrons. The van der Waals surface area contributed by atoms with E-state index >= 15 is 0 Å². The molecule has 2 rings (SSSR count). The van der Waals surface area contributed by atoms with E-state index in [4.69, 9.17) is 11.5 Å². The highest BCUT2D eigenvalue weighted by molar-refractivity contribution is 5.93. The van der Waals surface area contributed by atoms with Crippen LogP contribution in [0.15, 0.2) is 12.4 Å². The minimum absolute atomic E-state index is 0.000821. The molecule has 0 aromatic carbocycles. The summed E-state index contributed by atoms with van der Waals surface area (Å²) in [6, 6.07) is -0.833. The molecule has 21 nitrogen and oxygen atoms in total. The molecular weight excluding hydrogens is 740 g/mol. The summed E-state index contributed by atoms with van der Waals surface area (Å²) in [7, 11) is 3.35. The molecule has 0 aliphatic heterocycles. The van der Waals surface area contributed by atoms with Gasteiger partial charge in [-0.3, -0.25) is 42.9 Å². The Balaban J connectivity index is 2.20. The molecule has 0 bridgehead atoms. The second-order valence-corrected chi connectivity index (χ2v) is 14.0. The summed E-state index contributed by atoms with van der Waals surface area (Å²) >= 11 is 0. The number of rotatable bonds is 26. The zero-order chi connectivity index (χ0) is 42.7. The fraction of sp³-hybridized carbons (Fsp3) is 0.694. The fourth-order valence-electron chi connectivity index (χ4n) is 5.93. The average Bonchev–Trinajstić information content (AvgIpc) is 3.78. The molecule has 0 radical (unpaired) electrons. The molecule has 0 saturated heterocycles. The number of aryl methyl sites for hydroxylation is 2. The Labute approximate surface area is 334 Å². The second kappa shape index (κ2) is 24.2. The van der Waals surface area contributed by atoms with Gasteiger partial charge in [0.1, 0.15) is 17.9 Å². The zero-order valence-electron chi connectivity index (χ0n) is 34.6. The third-order valence-corrected chi connectivity index (χ3v) is 8.79. The van der Waals surface area contributed by atoms with Crippen LogP contribution in [0.4, 0.5) is 0 Å². The van der Waals surface area contributed by atoms with E-state index in [0.717, 1.165) is 0 Å². The molecule has 7 amide bonds. The van der Waals surface area contributed by atoms with Crippen molar-refractivity contribution in [2.24, 2.45) is 25.6 Å². The molecule has 57 heavy (non-hydrogen) atoms. The van der Waals surface area contributed by atoms with Gasteiger partial charge in [-0.25, -0.2) is 0 Å². The van der Waals surface area contributed by atoms with Gasteiger partial charge in [-0.1, -0.05) is 45.0 Å². The van der Waals surface area contributed by atoms with Crippen molar-refractivity contribution in [3.63, 3.8) is 0 Å². The predicted octanol–water partition coefficient (Wildman–Crippen LogP) is -1.52. The monoisotopic (exact) mass is 802 g/mol. The van der Waals surface area contributed by atoms with E-state index in [2.05, 4.69) is 20.6 Å². The van der Waals surface area contributed by atoms with Gasteiger partial charge in [0.25, 0.3) is 0 Å². The Hall–Kier alpha value is -5.47. The number of carbonyl (C=O) groups excluding carboxylic acids is 7. The fourth-order valence-corrected chi connectivity index (χ4v) is 5.93. The number of hydrogen-bond donors (Lipinski definition) is 2. The molecule has 0 aliphatic carbocycles. The molecule has 4 N–H and O–H groups in total. The normalized spacial score (nSPS) is 11.4. The first-order valence-electron chi connectivity index (χ1n) is 19.5. The molecule has 2 aromatic rings. The van der Waals surface area contributed by atoms with Crippen molar-refractivity contribution in [3.05, 3.63) is 23.8 Å². The van der Waals surface area contributed by atoms with Gasteiger partial charge in [0.2, 0.25) is 41.4 Å². The van der Waals surface area contributed by atoms with E-state index in [1.54, 1.807) is 33.4 Å². The molecule has 2 heterocycles. The zero-order valence-corrected chi connectivity index (χ0v) is 34.6. The van der Waals surface area contributed by atoms with Crippen LogP contribution in [-0.2, 0) is 60.7 Å². The Morgan fingerprint density at radius 2 is 0.860 bits per heavy atom. The average molecular weight is 803 g/mol. The van der Waals surface area contributed by atoms with E-state index in [1.807, 2.05) is 27.7 Å². The summed E-state index contributed by atoms with van der Waals surface area (Å²) in [4.78, 5) is 101. The van der Waals surface area contributed by atoms with E-state index in [9.17, 15) is 33.6 Å². The van der Waals surface area contributed by atoms with Crippen molar-refractivity contribution in [2.75, 3.05) is 65.4 Å². The predicted molar refractivity (Wildman–Crippen MR) is 208 cm³/mol. The Morgan fingerprint density at radius 3 is 1.14 bits per heavy atom. The Morgan fingerprint density at radius 1 is 0.544 bits per heavy atom. The first-order valence-corrected chi connectivity index (χ1v) is 19.5. The minimum atomic E-state index is -0.833. The Bertz CT molecular complexity index is 1650. The molecule has 21 heteroatoms. The maximum Gasteiger partial charge on any atom is 0.243 e. The van der Waals surface area contributed by atoms with Crippen LogP contribution in [0.25, 0.3) is 0 Å². The van der Waals surface area contributed by atoms with E-state index in [0.29, 0.717) is 43.5 Å². The number of nitrogens with zero attached hydrogens (tertiary/aromatic N) is 12. The van der Waals surface area contributed by atoms with Gasteiger partial charge in [-0.05, 0) is 32.1 Å². The molecule has 0 saturated carbocycles. The van der Waals surface area contributed by atoms with Crippen molar-refractivity contribution in [1.29, 1.82) is 0 Å². The summed E-state index contributed by atoms with van der Waals surface area (Å²) in [6.07, 6.45) is 5.67. The minimum Gasteiger partial charge on any atom is -0.368 e. The van der Waals surface area contributed by atoms with E-state index in [1.165, 1.54) is 38.8 Å². The largest absolute Gasteiger partial charge is 0.368 e. The SMILES string of the molecule is CCCN(CC(=O)N(CCC)CC(=O)N(CC(N)=O)Cc1cn(C)nn1)C(=O)CN(CCC)C(=O)CN(CCC)C(=O)CN(Cc1cn(C)nn1)C(=O)C(N)CC. The van der Waals surface area contributed by atoms with Crippen LogP contribution in [0.5, 0.6) is 0 Å². The molecule has 0 fully saturated rings. The molecule has 0 aliphatic rings. The van der Waals surface area contributed by atoms with E-state index in [-0.39, 0.29) is 72.0 Å². The first kappa shape index (κ1) is 47.7. The summed E-state index contributed by atoms with van der Waals surface area (Å²) < 4.78 is 2.94. The lowest BCUT2D eigenvalue weighted by molar-refractivity contribution is -0.148. The van der Waals surface area contributed by atoms with E-state index < -0.39 is 53.9 Å². The molecule has 0 spiro atoms. The number of hydrogen-bond acceptors (Lipinski definition) is 12. The number of aromatic nitrogens is 6. The highest BCUT2D eigenvalue weighted by Crippen LogP contribution is 2.09. The lowest BCUT2D eigenvalue weighted by atomic mass is 10.2. The van der Waals surface area contributed by atoms with Crippen molar-refractivity contribution in [1.82, 2.24) is 59.4 Å². The van der Waals surface area contributed by atoms with Crippen LogP contribution in [-0.4, -0.2) is 172 Å². The molecule has 2 aromatic heterocycles. The molecule has 1 unspecified atom stereocenters. The van der Waals surface area contributed by atoms with Crippen LogP contribution in [0.1, 0.15) is 78.1 Å².